The van der Waals surface area contributed by atoms with Crippen molar-refractivity contribution in [3.05, 3.63) is 23.4 Å². The Labute approximate surface area is 94.5 Å². The number of hydrogen-bond donors (Lipinski definition) is 1. The van der Waals surface area contributed by atoms with Crippen molar-refractivity contribution < 1.29 is 0 Å². The zero-order valence-corrected chi connectivity index (χ0v) is 9.87. The van der Waals surface area contributed by atoms with E-state index in [9.17, 15) is 0 Å². The molecule has 0 saturated heterocycles. The molecule has 1 heterocycles. The van der Waals surface area contributed by atoms with Crippen LogP contribution >= 0.6 is 23.4 Å². The first kappa shape index (κ1) is 11.7. The lowest BCUT2D eigenvalue weighted by atomic mass is 10.3. The van der Waals surface area contributed by atoms with E-state index in [0.717, 1.165) is 12.4 Å². The Morgan fingerprint density at radius 2 is 2.29 bits per heavy atom. The van der Waals surface area contributed by atoms with E-state index in [2.05, 4.69) is 16.6 Å². The Bertz CT molecular complexity index is 268. The average molecular weight is 231 g/mol. The van der Waals surface area contributed by atoms with Crippen molar-refractivity contribution in [2.24, 2.45) is 0 Å². The van der Waals surface area contributed by atoms with Gasteiger partial charge in [0.15, 0.2) is 0 Å². The second kappa shape index (κ2) is 6.96. The lowest BCUT2D eigenvalue weighted by Gasteiger charge is -2.04. The number of aromatic nitrogens is 1. The second-order valence-corrected chi connectivity index (χ2v) is 4.35. The lowest BCUT2D eigenvalue weighted by molar-refractivity contribution is 0.840. The Morgan fingerprint density at radius 3 is 3.00 bits per heavy atom. The molecule has 0 bridgehead atoms. The topological polar surface area (TPSA) is 24.9 Å². The molecule has 2 nitrogen and oxygen atoms in total. The predicted molar refractivity (Wildman–Crippen MR) is 65.4 cm³/mol. The summed E-state index contributed by atoms with van der Waals surface area (Å²) in [7, 11) is 0. The summed E-state index contributed by atoms with van der Waals surface area (Å²) in [4.78, 5) is 4.14. The van der Waals surface area contributed by atoms with Crippen LogP contribution in [0, 0.1) is 0 Å². The fourth-order valence-electron chi connectivity index (χ4n) is 1.09. The Kier molecular flexibility index (Phi) is 5.80. The molecule has 1 aromatic heterocycles. The second-order valence-electron chi connectivity index (χ2n) is 2.97. The van der Waals surface area contributed by atoms with E-state index in [1.807, 2.05) is 23.9 Å². The fourth-order valence-corrected chi connectivity index (χ4v) is 1.75. The molecule has 1 rings (SSSR count). The van der Waals surface area contributed by atoms with Gasteiger partial charge in [-0.25, -0.2) is 4.98 Å². The van der Waals surface area contributed by atoms with Gasteiger partial charge in [-0.2, -0.15) is 11.8 Å². The van der Waals surface area contributed by atoms with E-state index in [4.69, 9.17) is 11.6 Å². The van der Waals surface area contributed by atoms with E-state index in [0.29, 0.717) is 5.15 Å². The van der Waals surface area contributed by atoms with Crippen LogP contribution in [0.5, 0.6) is 0 Å². The van der Waals surface area contributed by atoms with Crippen molar-refractivity contribution in [2.75, 3.05) is 23.9 Å². The van der Waals surface area contributed by atoms with Crippen LogP contribution in [0.15, 0.2) is 18.2 Å². The molecular formula is C10H15ClN2S. The molecule has 0 aliphatic rings. The zero-order valence-electron chi connectivity index (χ0n) is 8.29. The van der Waals surface area contributed by atoms with Crippen LogP contribution in [0.3, 0.4) is 0 Å². The summed E-state index contributed by atoms with van der Waals surface area (Å²) in [6, 6.07) is 5.61. The lowest BCUT2D eigenvalue weighted by Crippen LogP contribution is -2.03. The van der Waals surface area contributed by atoms with Crippen molar-refractivity contribution in [2.45, 2.75) is 12.8 Å². The number of nitrogens with zero attached hydrogens (tertiary/aromatic N) is 1. The van der Waals surface area contributed by atoms with Crippen LogP contribution in [-0.2, 0) is 0 Å². The number of hydrogen-bond acceptors (Lipinski definition) is 3. The monoisotopic (exact) mass is 230 g/mol. The normalized spacial score (nSPS) is 10.1. The van der Waals surface area contributed by atoms with Gasteiger partial charge in [0.2, 0.25) is 0 Å². The summed E-state index contributed by atoms with van der Waals surface area (Å²) in [5.41, 5.74) is 0. The summed E-state index contributed by atoms with van der Waals surface area (Å²) in [5.74, 6) is 2.09. The molecule has 78 valence electrons. The third-order valence-electron chi connectivity index (χ3n) is 1.80. The molecule has 1 N–H and O–H groups in total. The molecule has 0 unspecified atom stereocenters. The van der Waals surface area contributed by atoms with Gasteiger partial charge in [0.25, 0.3) is 0 Å². The smallest absolute Gasteiger partial charge is 0.131 e. The first-order valence-corrected chi connectivity index (χ1v) is 6.45. The van der Waals surface area contributed by atoms with Crippen molar-refractivity contribution in [1.29, 1.82) is 0 Å². The maximum absolute atomic E-state index is 5.75. The number of anilines is 1. The van der Waals surface area contributed by atoms with Crippen LogP contribution in [0.1, 0.15) is 12.8 Å². The van der Waals surface area contributed by atoms with Crippen molar-refractivity contribution in [1.82, 2.24) is 4.98 Å². The molecule has 4 heteroatoms. The molecule has 0 aliphatic carbocycles. The minimum Gasteiger partial charge on any atom is -0.370 e. The number of rotatable bonds is 6. The molecular weight excluding hydrogens is 216 g/mol. The number of unbranched alkanes of at least 4 members (excludes halogenated alkanes) is 1. The van der Waals surface area contributed by atoms with Gasteiger partial charge in [0.05, 0.1) is 0 Å². The SMILES string of the molecule is CSCCCCNc1cccc(Cl)n1. The molecule has 14 heavy (non-hydrogen) atoms. The number of nitrogens with one attached hydrogen (secondary N) is 1. The quantitative estimate of drug-likeness (QED) is 0.600. The highest BCUT2D eigenvalue weighted by Gasteiger charge is 1.93. The largest absolute Gasteiger partial charge is 0.370 e. The minimum atomic E-state index is 0.541. The Balaban J connectivity index is 2.18. The van der Waals surface area contributed by atoms with Gasteiger partial charge in [-0.15, -0.1) is 0 Å². The van der Waals surface area contributed by atoms with Crippen LogP contribution in [0.25, 0.3) is 0 Å². The molecule has 0 aromatic carbocycles. The zero-order chi connectivity index (χ0) is 10.2. The number of thioether (sulfide) groups is 1. The average Bonchev–Trinajstić information content (AvgIpc) is 2.18. The van der Waals surface area contributed by atoms with Crippen molar-refractivity contribution >= 4 is 29.2 Å². The molecule has 0 radical (unpaired) electrons. The minimum absolute atomic E-state index is 0.541. The van der Waals surface area contributed by atoms with E-state index in [1.54, 1.807) is 6.07 Å². The third kappa shape index (κ3) is 4.72. The van der Waals surface area contributed by atoms with E-state index in [-0.39, 0.29) is 0 Å². The molecule has 0 spiro atoms. The van der Waals surface area contributed by atoms with E-state index in [1.165, 1.54) is 18.6 Å². The van der Waals surface area contributed by atoms with Gasteiger partial charge in [0.1, 0.15) is 11.0 Å². The molecule has 1 aromatic rings. The molecule has 0 saturated carbocycles. The fraction of sp³-hybridized carbons (Fsp3) is 0.500. The number of halogens is 1. The number of pyridine rings is 1. The highest BCUT2D eigenvalue weighted by atomic mass is 35.5. The molecule has 0 atom stereocenters. The summed E-state index contributed by atoms with van der Waals surface area (Å²) in [6.45, 7) is 0.966. The van der Waals surface area contributed by atoms with Crippen LogP contribution < -0.4 is 5.32 Å². The maximum atomic E-state index is 5.75. The van der Waals surface area contributed by atoms with Gasteiger partial charge in [-0.3, -0.25) is 0 Å². The third-order valence-corrected chi connectivity index (χ3v) is 2.70. The van der Waals surface area contributed by atoms with Crippen molar-refractivity contribution in [3.63, 3.8) is 0 Å². The molecule has 0 aliphatic heterocycles. The highest BCUT2D eigenvalue weighted by molar-refractivity contribution is 7.98. The van der Waals surface area contributed by atoms with E-state index < -0.39 is 0 Å². The van der Waals surface area contributed by atoms with Gasteiger partial charge in [0, 0.05) is 6.54 Å². The van der Waals surface area contributed by atoms with E-state index >= 15 is 0 Å². The summed E-state index contributed by atoms with van der Waals surface area (Å²) in [6.07, 6.45) is 4.55. The Morgan fingerprint density at radius 1 is 1.43 bits per heavy atom. The van der Waals surface area contributed by atoms with Crippen LogP contribution in [0.2, 0.25) is 5.15 Å². The van der Waals surface area contributed by atoms with Gasteiger partial charge in [-0.1, -0.05) is 17.7 Å². The summed E-state index contributed by atoms with van der Waals surface area (Å²) < 4.78 is 0. The highest BCUT2D eigenvalue weighted by Crippen LogP contribution is 2.09. The summed E-state index contributed by atoms with van der Waals surface area (Å²) >= 11 is 7.64. The van der Waals surface area contributed by atoms with Gasteiger partial charge >= 0.3 is 0 Å². The van der Waals surface area contributed by atoms with Crippen LogP contribution in [-0.4, -0.2) is 23.5 Å². The van der Waals surface area contributed by atoms with Crippen LogP contribution in [0.4, 0.5) is 5.82 Å². The molecule has 0 fully saturated rings. The maximum Gasteiger partial charge on any atom is 0.131 e. The predicted octanol–water partition coefficient (Wildman–Crippen LogP) is 3.29. The first-order valence-electron chi connectivity index (χ1n) is 4.68. The van der Waals surface area contributed by atoms with Crippen molar-refractivity contribution in [3.8, 4) is 0 Å². The van der Waals surface area contributed by atoms with Gasteiger partial charge in [-0.05, 0) is 37.0 Å². The Hall–Kier alpha value is -0.410. The summed E-state index contributed by atoms with van der Waals surface area (Å²) in [5, 5.41) is 3.78. The standard InChI is InChI=1S/C10H15ClN2S/c1-14-8-3-2-7-12-10-6-4-5-9(11)13-10/h4-6H,2-3,7-8H2,1H3,(H,12,13). The van der Waals surface area contributed by atoms with Gasteiger partial charge < -0.3 is 5.32 Å². The first-order chi connectivity index (χ1) is 6.83. The molecule has 0 amide bonds.